The number of esters is 3. The molecule has 0 aromatic heterocycles. The van der Waals surface area contributed by atoms with Crippen molar-refractivity contribution >= 4 is 23.8 Å². The number of benzene rings is 3. The number of azide groups is 1. The summed E-state index contributed by atoms with van der Waals surface area (Å²) in [5, 5.41) is 6.17. The summed E-state index contributed by atoms with van der Waals surface area (Å²) < 4.78 is 40.1. The van der Waals surface area contributed by atoms with Crippen LogP contribution in [0.2, 0.25) is 0 Å². The van der Waals surface area contributed by atoms with Gasteiger partial charge in [0, 0.05) is 52.4 Å². The molecule has 2 aliphatic rings. The summed E-state index contributed by atoms with van der Waals surface area (Å²) in [6, 6.07) is 14.4. The Morgan fingerprint density at radius 1 is 0.741 bits per heavy atom. The third-order valence-corrected chi connectivity index (χ3v) is 8.33. The SMILES string of the molecule is CC(C)(C)C(=O)Oc1ccc2c(c1)Oc1cc(OC(=O)C(C)(C)C)ccc1C21OC(=O)c2cc(C(=O)NCCOCCOCCOCCN=[N+]=[N-])ccc21. The van der Waals surface area contributed by atoms with E-state index in [0.717, 1.165) is 0 Å². The van der Waals surface area contributed by atoms with Crippen molar-refractivity contribution in [3.05, 3.63) is 92.9 Å². The van der Waals surface area contributed by atoms with Gasteiger partial charge >= 0.3 is 17.9 Å². The van der Waals surface area contributed by atoms with E-state index in [9.17, 15) is 19.2 Å². The summed E-state index contributed by atoms with van der Waals surface area (Å²) >= 11 is 0. The molecule has 2 aliphatic heterocycles. The molecule has 1 spiro atoms. The van der Waals surface area contributed by atoms with Crippen LogP contribution in [0.5, 0.6) is 23.0 Å². The number of hydrogen-bond donors (Lipinski definition) is 1. The van der Waals surface area contributed by atoms with Crippen molar-refractivity contribution in [1.29, 1.82) is 0 Å². The normalized spacial score (nSPS) is 13.8. The highest BCUT2D eigenvalue weighted by atomic mass is 16.6. The minimum atomic E-state index is -1.50. The lowest BCUT2D eigenvalue weighted by atomic mass is 9.77. The number of nitrogens with zero attached hydrogens (tertiary/aromatic N) is 3. The summed E-state index contributed by atoms with van der Waals surface area (Å²) in [7, 11) is 0. The van der Waals surface area contributed by atoms with Gasteiger partial charge in [-0.05, 0) is 83.5 Å². The molecule has 0 unspecified atom stereocenters. The monoisotopic (exact) mass is 744 g/mol. The van der Waals surface area contributed by atoms with Crippen molar-refractivity contribution in [3.63, 3.8) is 0 Å². The van der Waals surface area contributed by atoms with E-state index in [1.165, 1.54) is 6.07 Å². The Hall–Kier alpha value is -5.47. The quantitative estimate of drug-likeness (QED) is 0.0462. The van der Waals surface area contributed by atoms with E-state index in [2.05, 4.69) is 15.3 Å². The van der Waals surface area contributed by atoms with Crippen LogP contribution in [0.1, 0.15) is 78.9 Å². The Bertz CT molecular complexity index is 1880. The van der Waals surface area contributed by atoms with Crippen LogP contribution in [0.4, 0.5) is 0 Å². The Balaban J connectivity index is 1.33. The zero-order chi connectivity index (χ0) is 39.1. The van der Waals surface area contributed by atoms with Crippen LogP contribution in [-0.2, 0) is 34.1 Å². The topological polar surface area (TPSA) is 194 Å². The number of carbonyl (C=O) groups excluding carboxylic acids is 4. The van der Waals surface area contributed by atoms with E-state index < -0.39 is 40.2 Å². The Kier molecular flexibility index (Phi) is 12.3. The van der Waals surface area contributed by atoms with Gasteiger partial charge < -0.3 is 38.5 Å². The molecule has 1 amide bonds. The summed E-state index contributed by atoms with van der Waals surface area (Å²) in [4.78, 5) is 54.9. The lowest BCUT2D eigenvalue weighted by Crippen LogP contribution is -2.33. The molecule has 2 heterocycles. The first-order valence-corrected chi connectivity index (χ1v) is 17.5. The van der Waals surface area contributed by atoms with Gasteiger partial charge in [-0.25, -0.2) is 4.79 Å². The van der Waals surface area contributed by atoms with Gasteiger partial charge in [-0.1, -0.05) is 11.2 Å². The molecule has 15 nitrogen and oxygen atoms in total. The van der Waals surface area contributed by atoms with Crippen LogP contribution in [0.25, 0.3) is 10.4 Å². The minimum Gasteiger partial charge on any atom is -0.456 e. The predicted octanol–water partition coefficient (Wildman–Crippen LogP) is 6.25. The maximum atomic E-state index is 13.7. The van der Waals surface area contributed by atoms with Gasteiger partial charge in [-0.2, -0.15) is 0 Å². The van der Waals surface area contributed by atoms with Crippen molar-refractivity contribution in [1.82, 2.24) is 5.32 Å². The van der Waals surface area contributed by atoms with Crippen molar-refractivity contribution in [2.24, 2.45) is 15.9 Å². The van der Waals surface area contributed by atoms with Crippen LogP contribution in [-0.4, -0.2) is 76.5 Å². The number of fused-ring (bicyclic) bond motifs is 6. The molecular weight excluding hydrogens is 700 g/mol. The average molecular weight is 745 g/mol. The molecule has 15 heteroatoms. The summed E-state index contributed by atoms with van der Waals surface area (Å²) in [5.74, 6) is -1.02. The average Bonchev–Trinajstić information content (AvgIpc) is 3.40. The number of ether oxygens (including phenoxy) is 7. The second kappa shape index (κ2) is 16.7. The molecule has 0 saturated carbocycles. The van der Waals surface area contributed by atoms with Crippen molar-refractivity contribution in [2.45, 2.75) is 47.1 Å². The van der Waals surface area contributed by atoms with Crippen molar-refractivity contribution < 1.29 is 52.3 Å². The highest BCUT2D eigenvalue weighted by molar-refractivity contribution is 6.01. The van der Waals surface area contributed by atoms with Gasteiger partial charge in [0.25, 0.3) is 5.91 Å². The minimum absolute atomic E-state index is 0.183. The molecule has 5 rings (SSSR count). The Labute approximate surface area is 312 Å². The van der Waals surface area contributed by atoms with Crippen molar-refractivity contribution in [2.75, 3.05) is 52.7 Å². The molecule has 3 aromatic rings. The molecule has 0 bridgehead atoms. The lowest BCUT2D eigenvalue weighted by molar-refractivity contribution is -0.143. The van der Waals surface area contributed by atoms with Gasteiger partial charge in [0.15, 0.2) is 5.60 Å². The number of rotatable bonds is 15. The molecule has 1 N–H and O–H groups in total. The molecular formula is C39H44N4O11. The van der Waals surface area contributed by atoms with E-state index in [-0.39, 0.29) is 53.8 Å². The highest BCUT2D eigenvalue weighted by Gasteiger charge is 2.54. The second-order valence-corrected chi connectivity index (χ2v) is 14.6. The summed E-state index contributed by atoms with van der Waals surface area (Å²) in [6.07, 6.45) is 0. The second-order valence-electron chi connectivity index (χ2n) is 14.6. The van der Waals surface area contributed by atoms with E-state index in [1.54, 1.807) is 90.1 Å². The largest absolute Gasteiger partial charge is 0.456 e. The van der Waals surface area contributed by atoms with Crippen LogP contribution in [0, 0.1) is 10.8 Å². The number of hydrogen-bond acceptors (Lipinski definition) is 12. The van der Waals surface area contributed by atoms with Crippen molar-refractivity contribution in [3.8, 4) is 23.0 Å². The molecule has 54 heavy (non-hydrogen) atoms. The first kappa shape index (κ1) is 39.7. The Morgan fingerprint density at radius 3 is 1.80 bits per heavy atom. The van der Waals surface area contributed by atoms with E-state index >= 15 is 0 Å². The Morgan fingerprint density at radius 2 is 1.26 bits per heavy atom. The van der Waals surface area contributed by atoms with Gasteiger partial charge in [0.1, 0.15) is 23.0 Å². The first-order valence-electron chi connectivity index (χ1n) is 17.5. The number of nitrogens with one attached hydrogen (secondary N) is 1. The lowest BCUT2D eigenvalue weighted by Gasteiger charge is -2.36. The van der Waals surface area contributed by atoms with E-state index in [1.807, 2.05) is 0 Å². The number of amides is 1. The molecule has 0 saturated heterocycles. The summed E-state index contributed by atoms with van der Waals surface area (Å²) in [6.45, 7) is 12.9. The van der Waals surface area contributed by atoms with Gasteiger partial charge in [0.2, 0.25) is 0 Å². The first-order chi connectivity index (χ1) is 25.6. The van der Waals surface area contributed by atoms with Gasteiger partial charge in [0.05, 0.1) is 56.0 Å². The van der Waals surface area contributed by atoms with Gasteiger partial charge in [-0.3, -0.25) is 14.4 Å². The fraction of sp³-hybridized carbons (Fsp3) is 0.436. The molecule has 0 radical (unpaired) electrons. The van der Waals surface area contributed by atoms with E-state index in [0.29, 0.717) is 49.7 Å². The van der Waals surface area contributed by atoms with E-state index in [4.69, 9.17) is 38.7 Å². The summed E-state index contributed by atoms with van der Waals surface area (Å²) in [5.41, 5.74) is 7.03. The van der Waals surface area contributed by atoms with Crippen LogP contribution in [0.3, 0.4) is 0 Å². The maximum Gasteiger partial charge on any atom is 0.340 e. The third-order valence-electron chi connectivity index (χ3n) is 8.33. The molecule has 0 aliphatic carbocycles. The third kappa shape index (κ3) is 9.00. The molecule has 0 atom stereocenters. The molecule has 3 aromatic carbocycles. The fourth-order valence-electron chi connectivity index (χ4n) is 5.51. The zero-order valence-corrected chi connectivity index (χ0v) is 31.2. The highest BCUT2D eigenvalue weighted by Crippen LogP contribution is 2.57. The molecule has 0 fully saturated rings. The zero-order valence-electron chi connectivity index (χ0n) is 31.2. The van der Waals surface area contributed by atoms with Crippen LogP contribution < -0.4 is 19.5 Å². The van der Waals surface area contributed by atoms with Crippen LogP contribution >= 0.6 is 0 Å². The standard InChI is InChI=1S/C39H44N4O11/c1-37(2,3)35(46)51-25-8-11-29-31(22-25)53-32-23-26(52-36(47)38(4,5)6)9-12-30(32)39(29)28-10-7-24(21-27(28)34(45)54-39)33(44)41-13-15-48-17-19-50-20-18-49-16-14-42-43-40/h7-12,21-23H,13-20H2,1-6H3,(H,41,44). The van der Waals surface area contributed by atoms with Crippen LogP contribution in [0.15, 0.2) is 59.7 Å². The fourth-order valence-corrected chi connectivity index (χ4v) is 5.51. The predicted molar refractivity (Wildman–Crippen MR) is 194 cm³/mol. The van der Waals surface area contributed by atoms with Gasteiger partial charge in [-0.15, -0.1) is 0 Å². The number of carbonyl (C=O) groups is 4. The maximum absolute atomic E-state index is 13.7. The molecule has 286 valence electrons. The smallest absolute Gasteiger partial charge is 0.340 e.